The molecule has 98 heavy (non-hydrogen) atoms. The van der Waals surface area contributed by atoms with E-state index in [0.717, 1.165) is 38.4 Å². The molecule has 4 aliphatic heterocycles. The van der Waals surface area contributed by atoms with Gasteiger partial charge in [-0.3, -0.25) is 53.6 Å². The zero-order chi connectivity index (χ0) is 68.5. The first-order valence-electron chi connectivity index (χ1n) is 29.8. The van der Waals surface area contributed by atoms with Crippen LogP contribution in [0, 0.1) is 0 Å². The predicted molar refractivity (Wildman–Crippen MR) is 361 cm³/mol. The minimum Gasteiger partial charge on any atom is -0.481 e. The number of fused-ring (bicyclic) bond motifs is 4. The molecule has 0 aliphatic carbocycles. The number of carbonyl (C=O) groups is 10. The average molecular weight is 1320 g/mol. The highest BCUT2D eigenvalue weighted by molar-refractivity contribution is 6.22. The summed E-state index contributed by atoms with van der Waals surface area (Å²) in [5.74, 6) is -6.11. The third-order valence-electron chi connectivity index (χ3n) is 15.2. The highest BCUT2D eigenvalue weighted by atomic mass is 16.7. The van der Waals surface area contributed by atoms with E-state index >= 15 is 0 Å². The number of hydroxylamine groups is 8. The lowest BCUT2D eigenvalue weighted by Gasteiger charge is -2.37. The fourth-order valence-electron chi connectivity index (χ4n) is 10.4. The summed E-state index contributed by atoms with van der Waals surface area (Å²) in [6.45, 7) is 3.18. The Hall–Kier alpha value is -12.5. The number of hydrogen-bond donors (Lipinski definition) is 4. The van der Waals surface area contributed by atoms with Gasteiger partial charge >= 0.3 is 11.9 Å². The SMILES string of the molecule is C.C.CCC(=O)O.CCC(=O)ON1C(=O)c2ccccc2C1=O.O=C1c2ccccc2C(=O)N1O.O=C1c2ccccc2C(=O)N1O.O=C1c2ccccc2C(=O)N1OC(c1ccccc1)(c1ccccc1)c1ccccc1.OC(c1ccccc1)(c1ccccc1)c1ccccc1. The normalized spacial score (nSPS) is 12.9. The molecule has 0 atom stereocenters. The smallest absolute Gasteiger partial charge is 0.332 e. The first-order chi connectivity index (χ1) is 46.4. The summed E-state index contributed by atoms with van der Waals surface area (Å²) in [7, 11) is 0. The summed E-state index contributed by atoms with van der Waals surface area (Å²) in [6.07, 6.45) is 0.327. The van der Waals surface area contributed by atoms with Gasteiger partial charge in [-0.05, 0) is 81.9 Å². The molecule has 20 heteroatoms. The van der Waals surface area contributed by atoms with Crippen LogP contribution in [0.25, 0.3) is 0 Å². The molecule has 0 saturated heterocycles. The standard InChI is InChI=1S/C27H19NO3.C19H16O.C11H9NO4.2C8H5NO3.C3H6O2.2CH4/c29-25-23-18-10-11-19-24(23)26(30)28(25)31-27(20-12-4-1-5-13-20,21-14-6-2-7-15-21)22-16-8-3-9-17-22;20-19(16-10-4-1-5-11-16,17-12-6-2-7-13-17)18-14-8-3-9-15-18;1-2-9(13)16-12-10(14)7-5-3-4-6-8(7)11(12)15;2*10-7-5-3-1-2-4-6(5)8(11)9(7)12;1-2-3(4)5;;/h1-19H;1-15,20H;3-6H,2H2,1H3;2*1-4,12H;2H2,1H3,(H,4,5);2*1H4. The number of benzene rings is 10. The number of carbonyl (C=O) groups excluding carboxylic acids is 9. The maximum Gasteiger partial charge on any atom is 0.332 e. The van der Waals surface area contributed by atoms with Crippen LogP contribution in [0.2, 0.25) is 0 Å². The Balaban J connectivity index is 0.000000176. The van der Waals surface area contributed by atoms with Crippen LogP contribution < -0.4 is 0 Å². The summed E-state index contributed by atoms with van der Waals surface area (Å²) < 4.78 is 0. The van der Waals surface area contributed by atoms with E-state index in [4.69, 9.17) is 20.4 Å². The highest BCUT2D eigenvalue weighted by Gasteiger charge is 2.47. The molecule has 0 fully saturated rings. The number of rotatable bonds is 11. The Morgan fingerprint density at radius 1 is 0.316 bits per heavy atom. The number of nitrogens with zero attached hydrogens (tertiary/aromatic N) is 4. The van der Waals surface area contributed by atoms with Crippen LogP contribution in [-0.4, -0.2) is 100 Å². The van der Waals surface area contributed by atoms with E-state index in [1.807, 2.05) is 182 Å². The summed E-state index contributed by atoms with van der Waals surface area (Å²) in [5, 5.41) is 38.7. The van der Waals surface area contributed by atoms with Gasteiger partial charge in [-0.1, -0.05) is 264 Å². The lowest BCUT2D eigenvalue weighted by molar-refractivity contribution is -0.168. The van der Waals surface area contributed by atoms with Crippen LogP contribution in [0.5, 0.6) is 0 Å². The summed E-state index contributed by atoms with van der Waals surface area (Å²) >= 11 is 0. The van der Waals surface area contributed by atoms with Gasteiger partial charge in [0.25, 0.3) is 47.3 Å². The second-order valence-electron chi connectivity index (χ2n) is 21.1. The second kappa shape index (κ2) is 33.1. The number of carboxylic acid groups (broad SMARTS) is 1. The van der Waals surface area contributed by atoms with Crippen molar-refractivity contribution in [2.24, 2.45) is 0 Å². The molecule has 0 unspecified atom stereocenters. The van der Waals surface area contributed by atoms with Crippen LogP contribution in [0.1, 0.15) is 158 Å². The molecule has 8 amide bonds. The van der Waals surface area contributed by atoms with E-state index in [0.29, 0.717) is 16.2 Å². The van der Waals surface area contributed by atoms with Crippen molar-refractivity contribution < 1.29 is 78.2 Å². The van der Waals surface area contributed by atoms with Gasteiger partial charge in [0.2, 0.25) is 0 Å². The Morgan fingerprint density at radius 3 is 0.724 bits per heavy atom. The fraction of sp³-hybridized carbons (Fsp3) is 0.103. The summed E-state index contributed by atoms with van der Waals surface area (Å²) in [5.41, 5.74) is 4.95. The number of imide groups is 4. The number of aliphatic carboxylic acids is 1. The molecule has 4 N–H and O–H groups in total. The Labute approximate surface area is 564 Å². The maximum absolute atomic E-state index is 13.2. The summed E-state index contributed by atoms with van der Waals surface area (Å²) in [6, 6.07) is 84.0. The van der Waals surface area contributed by atoms with Crippen molar-refractivity contribution in [1.29, 1.82) is 0 Å². The molecule has 10 aromatic carbocycles. The monoisotopic (exact) mass is 1320 g/mol. The fourth-order valence-corrected chi connectivity index (χ4v) is 10.4. The van der Waals surface area contributed by atoms with Crippen LogP contribution in [0.3, 0.4) is 0 Å². The van der Waals surface area contributed by atoms with Crippen LogP contribution in [0.4, 0.5) is 0 Å². The number of amides is 8. The van der Waals surface area contributed by atoms with Gasteiger partial charge in [0.15, 0.2) is 5.60 Å². The summed E-state index contributed by atoms with van der Waals surface area (Å²) in [4.78, 5) is 126. The van der Waals surface area contributed by atoms with E-state index in [-0.39, 0.29) is 71.2 Å². The maximum atomic E-state index is 13.2. The quantitative estimate of drug-likeness (QED) is 0.0532. The second-order valence-corrected chi connectivity index (χ2v) is 21.1. The molecule has 0 saturated carbocycles. The molecule has 4 aliphatic rings. The van der Waals surface area contributed by atoms with Crippen molar-refractivity contribution in [3.8, 4) is 0 Å². The molecule has 0 aromatic heterocycles. The molecule has 496 valence electrons. The van der Waals surface area contributed by atoms with Crippen LogP contribution >= 0.6 is 0 Å². The molecule has 0 radical (unpaired) electrons. The molecule has 4 heterocycles. The van der Waals surface area contributed by atoms with Crippen molar-refractivity contribution in [2.45, 2.75) is 52.7 Å². The lowest BCUT2D eigenvalue weighted by Crippen LogP contribution is -2.43. The molecule has 0 spiro atoms. The lowest BCUT2D eigenvalue weighted by atomic mass is 9.80. The van der Waals surface area contributed by atoms with E-state index in [1.54, 1.807) is 74.5 Å². The molecule has 14 rings (SSSR count). The van der Waals surface area contributed by atoms with Gasteiger partial charge in [0.05, 0.1) is 44.5 Å². The van der Waals surface area contributed by atoms with Crippen LogP contribution in [0.15, 0.2) is 279 Å². The molecular formula is C78H68N4O16. The first kappa shape index (κ1) is 73.0. The first-order valence-corrected chi connectivity index (χ1v) is 29.8. The van der Waals surface area contributed by atoms with E-state index in [9.17, 15) is 53.1 Å². The van der Waals surface area contributed by atoms with Crippen molar-refractivity contribution in [2.75, 3.05) is 0 Å². The van der Waals surface area contributed by atoms with Crippen molar-refractivity contribution in [3.63, 3.8) is 0 Å². The Morgan fingerprint density at radius 2 is 0.510 bits per heavy atom. The average Bonchev–Trinajstić information content (AvgIpc) is 1.15. The van der Waals surface area contributed by atoms with Crippen molar-refractivity contribution >= 4 is 59.2 Å². The molecule has 10 aromatic rings. The largest absolute Gasteiger partial charge is 0.481 e. The minimum absolute atomic E-state index is 0. The third-order valence-corrected chi connectivity index (χ3v) is 15.2. The van der Waals surface area contributed by atoms with E-state index in [2.05, 4.69) is 4.84 Å². The Bertz CT molecular complexity index is 4100. The van der Waals surface area contributed by atoms with Crippen molar-refractivity contribution in [1.82, 2.24) is 20.3 Å². The number of aliphatic hydroxyl groups is 1. The van der Waals surface area contributed by atoms with E-state index < -0.39 is 70.4 Å². The topological polar surface area (TPSA) is 283 Å². The predicted octanol–water partition coefficient (Wildman–Crippen LogP) is 13.4. The van der Waals surface area contributed by atoms with Gasteiger partial charge in [-0.25, -0.2) is 9.63 Å². The van der Waals surface area contributed by atoms with Crippen molar-refractivity contribution in [3.05, 3.63) is 357 Å². The number of hydrogen-bond acceptors (Lipinski definition) is 15. The zero-order valence-corrected chi connectivity index (χ0v) is 51.4. The van der Waals surface area contributed by atoms with Gasteiger partial charge in [-0.2, -0.15) is 0 Å². The minimum atomic E-state index is -1.20. The number of carboxylic acids is 1. The van der Waals surface area contributed by atoms with Gasteiger partial charge in [-0.15, -0.1) is 15.2 Å². The van der Waals surface area contributed by atoms with Gasteiger partial charge in [0.1, 0.15) is 5.60 Å². The van der Waals surface area contributed by atoms with Crippen LogP contribution in [-0.2, 0) is 30.5 Å². The molecule has 0 bridgehead atoms. The highest BCUT2D eigenvalue weighted by Crippen LogP contribution is 2.43. The van der Waals surface area contributed by atoms with E-state index in [1.165, 1.54) is 36.4 Å². The molecular weight excluding hydrogens is 1250 g/mol. The zero-order valence-electron chi connectivity index (χ0n) is 51.4. The Kier molecular flexibility index (Phi) is 24.6. The third kappa shape index (κ3) is 15.4. The van der Waals surface area contributed by atoms with Gasteiger partial charge in [0, 0.05) is 12.8 Å². The van der Waals surface area contributed by atoms with Gasteiger partial charge < -0.3 is 15.1 Å². The molecule has 20 nitrogen and oxygen atoms in total.